The smallest absolute Gasteiger partial charge is 0.272 e. The molecule has 1 aromatic heterocycles. The molecule has 0 spiro atoms. The van der Waals surface area contributed by atoms with E-state index in [1.165, 1.54) is 24.7 Å². The number of nitrogens with two attached hydrogens (primary N) is 1. The first-order valence-corrected chi connectivity index (χ1v) is 9.04. The molecular weight excluding hydrogens is 326 g/mol. The second-order valence-electron chi connectivity index (χ2n) is 6.10. The van der Waals surface area contributed by atoms with Gasteiger partial charge in [0.05, 0.1) is 11.8 Å². The van der Waals surface area contributed by atoms with Gasteiger partial charge in [0.2, 0.25) is 0 Å². The number of carbonyl (C=O) groups is 1. The van der Waals surface area contributed by atoms with Crippen molar-refractivity contribution < 1.29 is 4.79 Å². The number of pyridine rings is 1. The molecule has 0 aliphatic rings. The third-order valence-electron chi connectivity index (χ3n) is 3.96. The van der Waals surface area contributed by atoms with Crippen LogP contribution in [0.5, 0.6) is 0 Å². The van der Waals surface area contributed by atoms with Gasteiger partial charge in [-0.3, -0.25) is 4.79 Å². The summed E-state index contributed by atoms with van der Waals surface area (Å²) >= 11 is 0. The Bertz CT molecular complexity index is 710. The molecule has 26 heavy (non-hydrogen) atoms. The summed E-state index contributed by atoms with van der Waals surface area (Å²) in [5, 5.41) is 4.00. The van der Waals surface area contributed by atoms with Crippen molar-refractivity contribution in [2.45, 2.75) is 33.1 Å². The minimum Gasteiger partial charge on any atom is -0.384 e. The topological polar surface area (TPSA) is 83.6 Å². The van der Waals surface area contributed by atoms with Gasteiger partial charge in [-0.15, -0.1) is 0 Å². The monoisotopic (exact) mass is 353 g/mol. The number of unbranched alkanes of at least 4 members (excludes halogenated alkanes) is 1. The molecule has 0 radical (unpaired) electrons. The molecular formula is C20H27N5O. The molecule has 0 atom stereocenters. The number of amides is 1. The Kier molecular flexibility index (Phi) is 7.61. The van der Waals surface area contributed by atoms with Gasteiger partial charge in [0.1, 0.15) is 5.82 Å². The highest BCUT2D eigenvalue weighted by Gasteiger charge is 2.05. The zero-order valence-corrected chi connectivity index (χ0v) is 15.5. The van der Waals surface area contributed by atoms with E-state index in [0.29, 0.717) is 11.4 Å². The number of hydrogen-bond donors (Lipinski definition) is 2. The average Bonchev–Trinajstić information content (AvgIpc) is 2.66. The van der Waals surface area contributed by atoms with Crippen LogP contribution in [-0.2, 0) is 0 Å². The van der Waals surface area contributed by atoms with E-state index in [9.17, 15) is 4.79 Å². The Balaban J connectivity index is 1.94. The Labute approximate surface area is 155 Å². The summed E-state index contributed by atoms with van der Waals surface area (Å²) < 4.78 is 0. The van der Waals surface area contributed by atoms with E-state index in [4.69, 9.17) is 5.73 Å². The highest BCUT2D eigenvalue weighted by atomic mass is 16.2. The van der Waals surface area contributed by atoms with E-state index in [-0.39, 0.29) is 5.91 Å². The molecule has 0 saturated carbocycles. The van der Waals surface area contributed by atoms with Crippen molar-refractivity contribution >= 4 is 23.6 Å². The number of aromatic nitrogens is 1. The second-order valence-corrected chi connectivity index (χ2v) is 6.10. The standard InChI is InChI=1S/C20H27N5O/c1-3-5-13-25(12-4-2)18-9-6-16(7-10-18)14-23-24-20(26)17-8-11-19(21)22-15-17/h6-11,14-15H,3-5,12-13H2,1-2H3,(H2,21,22)(H,24,26)/b23-14+. The lowest BCUT2D eigenvalue weighted by Gasteiger charge is -2.24. The van der Waals surface area contributed by atoms with Crippen LogP contribution < -0.4 is 16.1 Å². The summed E-state index contributed by atoms with van der Waals surface area (Å²) in [6.45, 7) is 6.53. The van der Waals surface area contributed by atoms with Crippen LogP contribution in [0.15, 0.2) is 47.7 Å². The molecule has 6 nitrogen and oxygen atoms in total. The second kappa shape index (κ2) is 10.2. The predicted octanol–water partition coefficient (Wildman–Crippen LogP) is 3.44. The SMILES string of the molecule is CCCCN(CCC)c1ccc(/C=N/NC(=O)c2ccc(N)nc2)cc1. The number of nitrogens with one attached hydrogen (secondary N) is 1. The normalized spacial score (nSPS) is 10.8. The lowest BCUT2D eigenvalue weighted by molar-refractivity contribution is 0.0955. The number of anilines is 2. The molecule has 1 amide bonds. The number of carbonyl (C=O) groups excluding carboxylic acids is 1. The first-order chi connectivity index (χ1) is 12.6. The molecule has 1 heterocycles. The van der Waals surface area contributed by atoms with E-state index < -0.39 is 0 Å². The third kappa shape index (κ3) is 5.88. The van der Waals surface area contributed by atoms with Gasteiger partial charge in [-0.25, -0.2) is 10.4 Å². The third-order valence-corrected chi connectivity index (χ3v) is 3.96. The highest BCUT2D eigenvalue weighted by molar-refractivity contribution is 5.94. The van der Waals surface area contributed by atoms with Crippen LogP contribution in [-0.4, -0.2) is 30.2 Å². The van der Waals surface area contributed by atoms with E-state index in [1.54, 1.807) is 18.3 Å². The fraction of sp³-hybridized carbons (Fsp3) is 0.350. The van der Waals surface area contributed by atoms with Crippen LogP contribution in [0.4, 0.5) is 11.5 Å². The van der Waals surface area contributed by atoms with Crippen molar-refractivity contribution in [1.29, 1.82) is 0 Å². The highest BCUT2D eigenvalue weighted by Crippen LogP contribution is 2.16. The summed E-state index contributed by atoms with van der Waals surface area (Å²) in [6, 6.07) is 11.4. The first kappa shape index (κ1) is 19.4. The summed E-state index contributed by atoms with van der Waals surface area (Å²) in [5.41, 5.74) is 10.6. The molecule has 0 aliphatic carbocycles. The van der Waals surface area contributed by atoms with Crippen molar-refractivity contribution in [3.8, 4) is 0 Å². The Hall–Kier alpha value is -2.89. The maximum Gasteiger partial charge on any atom is 0.272 e. The minimum atomic E-state index is -0.320. The average molecular weight is 353 g/mol. The largest absolute Gasteiger partial charge is 0.384 e. The number of nitrogens with zero attached hydrogens (tertiary/aromatic N) is 3. The van der Waals surface area contributed by atoms with Crippen molar-refractivity contribution in [3.63, 3.8) is 0 Å². The number of hydrogen-bond acceptors (Lipinski definition) is 5. The molecule has 0 fully saturated rings. The number of nitrogen functional groups attached to an aromatic ring is 1. The van der Waals surface area contributed by atoms with Gasteiger partial charge in [0.25, 0.3) is 5.91 Å². The molecule has 138 valence electrons. The van der Waals surface area contributed by atoms with Crippen molar-refractivity contribution in [2.75, 3.05) is 23.7 Å². The van der Waals surface area contributed by atoms with Crippen LogP contribution in [0.1, 0.15) is 49.0 Å². The van der Waals surface area contributed by atoms with Gasteiger partial charge in [0, 0.05) is 25.0 Å². The maximum absolute atomic E-state index is 11.9. The fourth-order valence-corrected chi connectivity index (χ4v) is 2.53. The molecule has 0 aliphatic heterocycles. The van der Waals surface area contributed by atoms with E-state index in [2.05, 4.69) is 46.4 Å². The number of hydrazone groups is 1. The summed E-state index contributed by atoms with van der Waals surface area (Å²) in [7, 11) is 0. The summed E-state index contributed by atoms with van der Waals surface area (Å²) in [4.78, 5) is 18.2. The minimum absolute atomic E-state index is 0.320. The van der Waals surface area contributed by atoms with Gasteiger partial charge >= 0.3 is 0 Å². The number of rotatable bonds is 9. The van der Waals surface area contributed by atoms with Crippen molar-refractivity contribution in [2.24, 2.45) is 5.10 Å². The quantitative estimate of drug-likeness (QED) is 0.534. The van der Waals surface area contributed by atoms with Crippen molar-refractivity contribution in [1.82, 2.24) is 10.4 Å². The molecule has 3 N–H and O–H groups in total. The van der Waals surface area contributed by atoms with Gasteiger partial charge in [0.15, 0.2) is 0 Å². The van der Waals surface area contributed by atoms with Crippen molar-refractivity contribution in [3.05, 3.63) is 53.7 Å². The number of benzene rings is 1. The summed E-state index contributed by atoms with van der Waals surface area (Å²) in [6.07, 6.45) is 6.55. The predicted molar refractivity (Wildman–Crippen MR) is 108 cm³/mol. The molecule has 2 aromatic rings. The van der Waals surface area contributed by atoms with Crippen LogP contribution in [0.3, 0.4) is 0 Å². The van der Waals surface area contributed by atoms with Gasteiger partial charge in [-0.1, -0.05) is 32.4 Å². The van der Waals surface area contributed by atoms with Crippen LogP contribution in [0.25, 0.3) is 0 Å². The van der Waals surface area contributed by atoms with Gasteiger partial charge in [-0.05, 0) is 42.7 Å². The lowest BCUT2D eigenvalue weighted by atomic mass is 10.2. The Morgan fingerprint density at radius 1 is 1.15 bits per heavy atom. The molecule has 1 aromatic carbocycles. The van der Waals surface area contributed by atoms with E-state index in [1.807, 2.05) is 12.1 Å². The Morgan fingerprint density at radius 3 is 2.54 bits per heavy atom. The molecule has 6 heteroatoms. The molecule has 0 unspecified atom stereocenters. The molecule has 2 rings (SSSR count). The molecule has 0 saturated heterocycles. The van der Waals surface area contributed by atoms with Crippen LogP contribution in [0, 0.1) is 0 Å². The van der Waals surface area contributed by atoms with Gasteiger partial charge < -0.3 is 10.6 Å². The lowest BCUT2D eigenvalue weighted by Crippen LogP contribution is -2.25. The first-order valence-electron chi connectivity index (χ1n) is 9.04. The zero-order chi connectivity index (χ0) is 18.8. The van der Waals surface area contributed by atoms with E-state index in [0.717, 1.165) is 25.1 Å². The Morgan fingerprint density at radius 2 is 1.92 bits per heavy atom. The summed E-state index contributed by atoms with van der Waals surface area (Å²) in [5.74, 6) is 0.0558. The molecule has 0 bridgehead atoms. The van der Waals surface area contributed by atoms with Gasteiger partial charge in [-0.2, -0.15) is 5.10 Å². The van der Waals surface area contributed by atoms with E-state index >= 15 is 0 Å². The fourth-order valence-electron chi connectivity index (χ4n) is 2.53. The zero-order valence-electron chi connectivity index (χ0n) is 15.5. The van der Waals surface area contributed by atoms with Crippen LogP contribution >= 0.6 is 0 Å². The van der Waals surface area contributed by atoms with Crippen LogP contribution in [0.2, 0.25) is 0 Å². The maximum atomic E-state index is 11.9.